The molecule has 7 nitrogen and oxygen atoms in total. The summed E-state index contributed by atoms with van der Waals surface area (Å²) in [5.74, 6) is 1.12. The average molecular weight is 384 g/mol. The summed E-state index contributed by atoms with van der Waals surface area (Å²) < 4.78 is 10.6. The fourth-order valence-electron chi connectivity index (χ4n) is 2.53. The molecule has 2 N–H and O–H groups in total. The third-order valence-corrected chi connectivity index (χ3v) is 4.13. The lowest BCUT2D eigenvalue weighted by Gasteiger charge is -2.10. The van der Waals surface area contributed by atoms with Crippen molar-refractivity contribution in [3.63, 3.8) is 0 Å². The molecular weight excluding hydrogens is 366 g/mol. The second kappa shape index (κ2) is 8.01. The third-order valence-electron chi connectivity index (χ3n) is 3.83. The molecule has 3 aromatic rings. The summed E-state index contributed by atoms with van der Waals surface area (Å²) >= 11 is 6.13. The summed E-state index contributed by atoms with van der Waals surface area (Å²) in [6, 6.07) is 12.9. The Bertz CT molecular complexity index is 993. The molecule has 0 aliphatic heterocycles. The van der Waals surface area contributed by atoms with Gasteiger partial charge in [0.2, 0.25) is 5.95 Å². The highest BCUT2D eigenvalue weighted by molar-refractivity contribution is 6.32. The summed E-state index contributed by atoms with van der Waals surface area (Å²) in [7, 11) is 3.06. The first kappa shape index (κ1) is 18.6. The van der Waals surface area contributed by atoms with E-state index in [2.05, 4.69) is 20.2 Å². The lowest BCUT2D eigenvalue weighted by atomic mass is 10.1. The van der Waals surface area contributed by atoms with Gasteiger partial charge < -0.3 is 15.2 Å². The second-order valence-corrected chi connectivity index (χ2v) is 6.00. The largest absolute Gasteiger partial charge is 0.495 e. The van der Waals surface area contributed by atoms with Gasteiger partial charge in [-0.15, -0.1) is 10.2 Å². The van der Waals surface area contributed by atoms with Crippen molar-refractivity contribution in [1.82, 2.24) is 9.97 Å². The van der Waals surface area contributed by atoms with E-state index < -0.39 is 0 Å². The zero-order valence-corrected chi connectivity index (χ0v) is 15.9. The van der Waals surface area contributed by atoms with Crippen molar-refractivity contribution in [3.8, 4) is 22.8 Å². The molecule has 0 amide bonds. The van der Waals surface area contributed by atoms with Gasteiger partial charge in [-0.25, -0.2) is 9.97 Å². The molecule has 1 heterocycles. The molecule has 0 unspecified atom stereocenters. The number of halogens is 1. The number of nitrogens with zero attached hydrogens (tertiary/aromatic N) is 4. The summed E-state index contributed by atoms with van der Waals surface area (Å²) in [6.45, 7) is 1.80. The Hall–Kier alpha value is -3.19. The first-order valence-electron chi connectivity index (χ1n) is 8.06. The quantitative estimate of drug-likeness (QED) is 0.617. The number of hydrogen-bond donors (Lipinski definition) is 1. The zero-order chi connectivity index (χ0) is 19.4. The van der Waals surface area contributed by atoms with Gasteiger partial charge in [-0.1, -0.05) is 41.9 Å². The number of rotatable bonds is 5. The van der Waals surface area contributed by atoms with Crippen LogP contribution >= 0.6 is 11.6 Å². The molecule has 0 bridgehead atoms. The predicted molar refractivity (Wildman–Crippen MR) is 105 cm³/mol. The summed E-state index contributed by atoms with van der Waals surface area (Å²) in [5.41, 5.74) is 8.90. The SMILES string of the molecule is COc1cc(N=Nc2c(C)nc(N)nc2-c2ccccc2)c(OC)cc1Cl. The number of benzene rings is 2. The Morgan fingerprint density at radius 3 is 2.33 bits per heavy atom. The number of nitrogens with two attached hydrogens (primary N) is 1. The van der Waals surface area contributed by atoms with E-state index in [4.69, 9.17) is 26.8 Å². The van der Waals surface area contributed by atoms with Gasteiger partial charge in [-0.3, -0.25) is 0 Å². The zero-order valence-electron chi connectivity index (χ0n) is 15.1. The van der Waals surface area contributed by atoms with Gasteiger partial charge in [-0.05, 0) is 6.92 Å². The lowest BCUT2D eigenvalue weighted by Crippen LogP contribution is -1.99. The molecular formula is C19H18ClN5O2. The van der Waals surface area contributed by atoms with Crippen LogP contribution in [0, 0.1) is 6.92 Å². The van der Waals surface area contributed by atoms with Gasteiger partial charge in [0.1, 0.15) is 28.6 Å². The first-order valence-corrected chi connectivity index (χ1v) is 8.44. The van der Waals surface area contributed by atoms with E-state index in [0.29, 0.717) is 39.3 Å². The summed E-state index contributed by atoms with van der Waals surface area (Å²) in [4.78, 5) is 8.54. The summed E-state index contributed by atoms with van der Waals surface area (Å²) in [5, 5.41) is 9.11. The molecule has 0 spiro atoms. The van der Waals surface area contributed by atoms with Crippen LogP contribution in [0.2, 0.25) is 5.02 Å². The van der Waals surface area contributed by atoms with Crippen molar-refractivity contribution in [2.24, 2.45) is 10.2 Å². The fraction of sp³-hybridized carbons (Fsp3) is 0.158. The van der Waals surface area contributed by atoms with Crippen molar-refractivity contribution in [2.75, 3.05) is 20.0 Å². The second-order valence-electron chi connectivity index (χ2n) is 5.59. The normalized spacial score (nSPS) is 11.0. The lowest BCUT2D eigenvalue weighted by molar-refractivity contribution is 0.404. The molecule has 0 saturated heterocycles. The predicted octanol–water partition coefficient (Wildman–Crippen LogP) is 5.12. The minimum absolute atomic E-state index is 0.177. The van der Waals surface area contributed by atoms with Gasteiger partial charge in [-0.2, -0.15) is 0 Å². The third kappa shape index (κ3) is 3.98. The van der Waals surface area contributed by atoms with Gasteiger partial charge in [0.15, 0.2) is 0 Å². The van der Waals surface area contributed by atoms with E-state index in [0.717, 1.165) is 5.56 Å². The van der Waals surface area contributed by atoms with Gasteiger partial charge in [0.25, 0.3) is 0 Å². The van der Waals surface area contributed by atoms with E-state index in [-0.39, 0.29) is 5.95 Å². The Morgan fingerprint density at radius 2 is 1.67 bits per heavy atom. The standard InChI is InChI=1S/C19H18ClN5O2/c1-11-17(18(23-19(21)22-11)12-7-5-4-6-8-12)25-24-14-10-15(26-2)13(20)9-16(14)27-3/h4-10H,1-3H3,(H2,21,22,23). The smallest absolute Gasteiger partial charge is 0.220 e. The molecule has 0 aliphatic rings. The summed E-state index contributed by atoms with van der Waals surface area (Å²) in [6.07, 6.45) is 0. The number of ether oxygens (including phenoxy) is 2. The van der Waals surface area contributed by atoms with E-state index >= 15 is 0 Å². The Morgan fingerprint density at radius 1 is 0.963 bits per heavy atom. The van der Waals surface area contributed by atoms with Crippen LogP contribution in [0.25, 0.3) is 11.3 Å². The van der Waals surface area contributed by atoms with E-state index in [1.165, 1.54) is 14.2 Å². The molecule has 0 saturated carbocycles. The van der Waals surface area contributed by atoms with Crippen LogP contribution in [0.15, 0.2) is 52.7 Å². The fourth-order valence-corrected chi connectivity index (χ4v) is 2.76. The Labute approximate surface area is 161 Å². The first-order chi connectivity index (χ1) is 13.0. The maximum absolute atomic E-state index is 6.13. The molecule has 138 valence electrons. The van der Waals surface area contributed by atoms with Crippen LogP contribution in [0.4, 0.5) is 17.3 Å². The van der Waals surface area contributed by atoms with Crippen molar-refractivity contribution in [2.45, 2.75) is 6.92 Å². The van der Waals surface area contributed by atoms with Gasteiger partial charge in [0.05, 0.1) is 24.9 Å². The molecule has 0 radical (unpaired) electrons. The van der Waals surface area contributed by atoms with Crippen molar-refractivity contribution < 1.29 is 9.47 Å². The minimum atomic E-state index is 0.177. The Balaban J connectivity index is 2.11. The molecule has 0 fully saturated rings. The van der Waals surface area contributed by atoms with Crippen molar-refractivity contribution in [1.29, 1.82) is 0 Å². The monoisotopic (exact) mass is 383 g/mol. The highest BCUT2D eigenvalue weighted by Gasteiger charge is 2.14. The minimum Gasteiger partial charge on any atom is -0.495 e. The van der Waals surface area contributed by atoms with Gasteiger partial charge in [0, 0.05) is 17.7 Å². The molecule has 0 atom stereocenters. The molecule has 2 aromatic carbocycles. The van der Waals surface area contributed by atoms with E-state index in [9.17, 15) is 0 Å². The number of aromatic nitrogens is 2. The maximum atomic E-state index is 6.13. The van der Waals surface area contributed by atoms with Crippen molar-refractivity contribution >= 4 is 28.9 Å². The van der Waals surface area contributed by atoms with Crippen LogP contribution < -0.4 is 15.2 Å². The topological polar surface area (TPSA) is 95.0 Å². The maximum Gasteiger partial charge on any atom is 0.220 e. The molecule has 3 rings (SSSR count). The molecule has 0 aliphatic carbocycles. The number of nitrogen functional groups attached to an aromatic ring is 1. The number of methoxy groups -OCH3 is 2. The highest BCUT2D eigenvalue weighted by atomic mass is 35.5. The van der Waals surface area contributed by atoms with Gasteiger partial charge >= 0.3 is 0 Å². The number of hydrogen-bond acceptors (Lipinski definition) is 7. The van der Waals surface area contributed by atoms with Crippen LogP contribution in [0.3, 0.4) is 0 Å². The van der Waals surface area contributed by atoms with E-state index in [1.54, 1.807) is 19.1 Å². The average Bonchev–Trinajstić information content (AvgIpc) is 2.68. The van der Waals surface area contributed by atoms with E-state index in [1.807, 2.05) is 30.3 Å². The highest BCUT2D eigenvalue weighted by Crippen LogP contribution is 2.39. The number of azo groups is 1. The van der Waals surface area contributed by atoms with Crippen LogP contribution in [0.5, 0.6) is 11.5 Å². The van der Waals surface area contributed by atoms with Crippen LogP contribution in [-0.4, -0.2) is 24.2 Å². The number of aryl methyl sites for hydroxylation is 1. The number of anilines is 1. The molecule has 1 aromatic heterocycles. The van der Waals surface area contributed by atoms with Crippen LogP contribution in [-0.2, 0) is 0 Å². The Kier molecular flexibility index (Phi) is 5.52. The van der Waals surface area contributed by atoms with Crippen LogP contribution in [0.1, 0.15) is 5.69 Å². The molecule has 8 heteroatoms. The molecule has 27 heavy (non-hydrogen) atoms. The van der Waals surface area contributed by atoms with Crippen molar-refractivity contribution in [3.05, 3.63) is 53.2 Å².